The van der Waals surface area contributed by atoms with E-state index in [2.05, 4.69) is 20.7 Å². The highest BCUT2D eigenvalue weighted by molar-refractivity contribution is 7.99. The summed E-state index contributed by atoms with van der Waals surface area (Å²) in [7, 11) is 0. The molecule has 0 unspecified atom stereocenters. The molecule has 0 aliphatic carbocycles. The van der Waals surface area contributed by atoms with Crippen molar-refractivity contribution in [2.24, 2.45) is 5.10 Å². The van der Waals surface area contributed by atoms with Crippen LogP contribution in [0, 0.1) is 6.92 Å². The van der Waals surface area contributed by atoms with E-state index in [1.807, 2.05) is 54.0 Å². The lowest BCUT2D eigenvalue weighted by Gasteiger charge is -2.11. The van der Waals surface area contributed by atoms with Crippen molar-refractivity contribution >= 4 is 23.9 Å². The molecule has 1 aliphatic rings. The molecule has 10 heteroatoms. The molecule has 0 atom stereocenters. The normalized spacial score (nSPS) is 12.4. The maximum atomic E-state index is 12.3. The van der Waals surface area contributed by atoms with Gasteiger partial charge in [0.1, 0.15) is 5.76 Å². The first kappa shape index (κ1) is 20.8. The molecule has 1 aliphatic heterocycles. The summed E-state index contributed by atoms with van der Waals surface area (Å²) < 4.78 is 18.0. The van der Waals surface area contributed by atoms with E-state index >= 15 is 0 Å². The molecule has 0 saturated heterocycles. The van der Waals surface area contributed by atoms with E-state index in [1.54, 1.807) is 12.1 Å². The summed E-state index contributed by atoms with van der Waals surface area (Å²) in [4.78, 5) is 12.3. The van der Waals surface area contributed by atoms with Gasteiger partial charge in [-0.15, -0.1) is 10.2 Å². The maximum Gasteiger partial charge on any atom is 0.250 e. The molecule has 1 N–H and O–H groups in total. The number of nitrogens with zero attached hydrogens (tertiary/aromatic N) is 4. The smallest absolute Gasteiger partial charge is 0.250 e. The highest BCUT2D eigenvalue weighted by Crippen LogP contribution is 2.36. The van der Waals surface area contributed by atoms with Crippen molar-refractivity contribution in [1.82, 2.24) is 20.2 Å². The third kappa shape index (κ3) is 4.60. The number of carbonyl (C=O) groups excluding carboxylic acids is 1. The Bertz CT molecular complexity index is 1300. The van der Waals surface area contributed by atoms with E-state index in [4.69, 9.17) is 13.9 Å². The van der Waals surface area contributed by atoms with Crippen LogP contribution >= 0.6 is 11.8 Å². The van der Waals surface area contributed by atoms with Gasteiger partial charge in [-0.2, -0.15) is 5.10 Å². The average molecular weight is 462 g/mol. The molecule has 0 radical (unpaired) electrons. The van der Waals surface area contributed by atoms with Gasteiger partial charge in [0.15, 0.2) is 22.5 Å². The van der Waals surface area contributed by atoms with Crippen LogP contribution in [0.5, 0.6) is 11.5 Å². The molecule has 9 nitrogen and oxygen atoms in total. The first-order valence-corrected chi connectivity index (χ1v) is 11.1. The number of hydrogen-bond acceptors (Lipinski definition) is 8. The second kappa shape index (κ2) is 9.21. The standard InChI is InChI=1S/C23H19N5O4S/c1-15-4-6-16(7-5-15)22-26-27-23(28(22)17-8-9-19-20(11-17)32-14-31-19)33-13-21(29)25-24-12-18-3-2-10-30-18/h2-12H,13-14H2,1H3,(H,25,29)/b24-12+. The van der Waals surface area contributed by atoms with Gasteiger partial charge in [0.05, 0.1) is 23.9 Å². The van der Waals surface area contributed by atoms with Crippen LogP contribution in [0.1, 0.15) is 11.3 Å². The van der Waals surface area contributed by atoms with Crippen LogP contribution in [0.25, 0.3) is 17.1 Å². The average Bonchev–Trinajstić information content (AvgIpc) is 3.58. The van der Waals surface area contributed by atoms with Crippen molar-refractivity contribution in [2.75, 3.05) is 12.5 Å². The van der Waals surface area contributed by atoms with E-state index in [1.165, 1.54) is 24.2 Å². The largest absolute Gasteiger partial charge is 0.463 e. The van der Waals surface area contributed by atoms with Gasteiger partial charge in [-0.25, -0.2) is 5.43 Å². The molecule has 0 spiro atoms. The molecular formula is C23H19N5O4S. The third-order valence-electron chi connectivity index (χ3n) is 4.81. The van der Waals surface area contributed by atoms with Crippen LogP contribution in [0.2, 0.25) is 0 Å². The van der Waals surface area contributed by atoms with Crippen molar-refractivity contribution in [2.45, 2.75) is 12.1 Å². The lowest BCUT2D eigenvalue weighted by atomic mass is 10.1. The summed E-state index contributed by atoms with van der Waals surface area (Å²) >= 11 is 1.26. The second-order valence-electron chi connectivity index (χ2n) is 7.14. The van der Waals surface area contributed by atoms with Crippen LogP contribution in [0.15, 0.2) is 75.5 Å². The summed E-state index contributed by atoms with van der Waals surface area (Å²) in [5, 5.41) is 13.2. The number of aryl methyl sites for hydroxylation is 1. The molecular weight excluding hydrogens is 442 g/mol. The fourth-order valence-electron chi connectivity index (χ4n) is 3.21. The summed E-state index contributed by atoms with van der Waals surface area (Å²) in [5.74, 6) is 2.37. The van der Waals surface area contributed by atoms with Crippen molar-refractivity contribution in [3.63, 3.8) is 0 Å². The van der Waals surface area contributed by atoms with Crippen molar-refractivity contribution in [1.29, 1.82) is 0 Å². The van der Waals surface area contributed by atoms with Gasteiger partial charge in [0.2, 0.25) is 6.79 Å². The van der Waals surface area contributed by atoms with E-state index in [0.29, 0.717) is 28.2 Å². The molecule has 0 saturated carbocycles. The zero-order valence-corrected chi connectivity index (χ0v) is 18.4. The molecule has 166 valence electrons. The number of hydrazone groups is 1. The van der Waals surface area contributed by atoms with Crippen LogP contribution in [0.3, 0.4) is 0 Å². The molecule has 3 heterocycles. The first-order valence-electron chi connectivity index (χ1n) is 10.1. The highest BCUT2D eigenvalue weighted by atomic mass is 32.2. The zero-order chi connectivity index (χ0) is 22.6. The molecule has 5 rings (SSSR count). The van der Waals surface area contributed by atoms with Gasteiger partial charge >= 0.3 is 0 Å². The zero-order valence-electron chi connectivity index (χ0n) is 17.6. The highest BCUT2D eigenvalue weighted by Gasteiger charge is 2.20. The number of carbonyl (C=O) groups is 1. The number of aromatic nitrogens is 3. The number of rotatable bonds is 7. The number of benzene rings is 2. The quantitative estimate of drug-likeness (QED) is 0.254. The number of nitrogens with one attached hydrogen (secondary N) is 1. The minimum Gasteiger partial charge on any atom is -0.463 e. The molecule has 2 aromatic heterocycles. The van der Waals surface area contributed by atoms with Crippen LogP contribution in [-0.4, -0.2) is 39.4 Å². The number of ether oxygens (including phenoxy) is 2. The molecule has 33 heavy (non-hydrogen) atoms. The minimum absolute atomic E-state index is 0.103. The Balaban J connectivity index is 1.40. The van der Waals surface area contributed by atoms with E-state index in [0.717, 1.165) is 16.8 Å². The summed E-state index contributed by atoms with van der Waals surface area (Å²) in [5.41, 5.74) is 5.34. The topological polar surface area (TPSA) is 104 Å². The number of fused-ring (bicyclic) bond motifs is 1. The SMILES string of the molecule is Cc1ccc(-c2nnc(SCC(=O)N/N=C/c3ccco3)n2-c2ccc3c(c2)OCO3)cc1. The van der Waals surface area contributed by atoms with Crippen LogP contribution in [-0.2, 0) is 4.79 Å². The Kier molecular flexibility index (Phi) is 5.81. The van der Waals surface area contributed by atoms with Gasteiger partial charge < -0.3 is 13.9 Å². The Hall–Kier alpha value is -4.05. The van der Waals surface area contributed by atoms with Crippen molar-refractivity contribution in [3.8, 4) is 28.6 Å². The molecule has 4 aromatic rings. The Morgan fingerprint density at radius 2 is 2.00 bits per heavy atom. The van der Waals surface area contributed by atoms with Gasteiger partial charge in [0.25, 0.3) is 5.91 Å². The van der Waals surface area contributed by atoms with Gasteiger partial charge in [-0.1, -0.05) is 41.6 Å². The fourth-order valence-corrected chi connectivity index (χ4v) is 3.95. The van der Waals surface area contributed by atoms with Crippen LogP contribution < -0.4 is 14.9 Å². The first-order chi connectivity index (χ1) is 16.2. The summed E-state index contributed by atoms with van der Waals surface area (Å²) in [6, 6.07) is 17.1. The molecule has 0 bridgehead atoms. The predicted molar refractivity (Wildman–Crippen MR) is 123 cm³/mol. The van der Waals surface area contributed by atoms with E-state index in [-0.39, 0.29) is 18.5 Å². The van der Waals surface area contributed by atoms with Gasteiger partial charge in [-0.05, 0) is 31.2 Å². The summed E-state index contributed by atoms with van der Waals surface area (Å²) in [6.07, 6.45) is 2.97. The van der Waals surface area contributed by atoms with Crippen LogP contribution in [0.4, 0.5) is 0 Å². The van der Waals surface area contributed by atoms with E-state index < -0.39 is 0 Å². The van der Waals surface area contributed by atoms with E-state index in [9.17, 15) is 4.79 Å². The molecule has 1 amide bonds. The maximum absolute atomic E-state index is 12.3. The monoisotopic (exact) mass is 461 g/mol. The Morgan fingerprint density at radius 1 is 1.15 bits per heavy atom. The molecule has 2 aromatic carbocycles. The number of furan rings is 1. The fraction of sp³-hybridized carbons (Fsp3) is 0.130. The third-order valence-corrected chi connectivity index (χ3v) is 5.74. The number of hydrogen-bond donors (Lipinski definition) is 1. The lowest BCUT2D eigenvalue weighted by molar-refractivity contribution is -0.118. The Morgan fingerprint density at radius 3 is 2.82 bits per heavy atom. The van der Waals surface area contributed by atoms with Crippen molar-refractivity contribution < 1.29 is 18.7 Å². The minimum atomic E-state index is -0.278. The number of thioether (sulfide) groups is 1. The van der Waals surface area contributed by atoms with Gasteiger partial charge in [-0.3, -0.25) is 9.36 Å². The summed E-state index contributed by atoms with van der Waals surface area (Å²) in [6.45, 7) is 2.21. The Labute approximate surface area is 193 Å². The van der Waals surface area contributed by atoms with Crippen molar-refractivity contribution in [3.05, 3.63) is 72.2 Å². The number of amides is 1. The van der Waals surface area contributed by atoms with Gasteiger partial charge in [0, 0.05) is 11.6 Å². The molecule has 0 fully saturated rings. The lowest BCUT2D eigenvalue weighted by Crippen LogP contribution is -2.19. The predicted octanol–water partition coefficient (Wildman–Crippen LogP) is 3.81. The second-order valence-corrected chi connectivity index (χ2v) is 8.08.